The molecule has 1 aromatic heterocycles. The molecular weight excluding hydrogens is 212 g/mol. The Hall–Kier alpha value is -0.930. The highest BCUT2D eigenvalue weighted by Gasteiger charge is 2.15. The maximum absolute atomic E-state index is 5.81. The number of nitrogens with one attached hydrogen (secondary N) is 1. The van der Waals surface area contributed by atoms with E-state index in [1.165, 1.54) is 5.56 Å². The van der Waals surface area contributed by atoms with Gasteiger partial charge in [0.1, 0.15) is 0 Å². The molecule has 0 radical (unpaired) electrons. The topological polar surface area (TPSA) is 34.1 Å². The molecule has 1 rings (SSSR count). The first-order valence-corrected chi connectivity index (χ1v) is 6.36. The predicted octanol–water partition coefficient (Wildman–Crippen LogP) is 2.90. The zero-order valence-corrected chi connectivity index (χ0v) is 11.4. The second kappa shape index (κ2) is 6.72. The minimum atomic E-state index is -0.0654. The molecule has 3 heteroatoms. The van der Waals surface area contributed by atoms with E-state index in [0.717, 1.165) is 25.2 Å². The molecule has 1 N–H and O–H groups in total. The van der Waals surface area contributed by atoms with Gasteiger partial charge >= 0.3 is 0 Å². The first kappa shape index (κ1) is 14.1. The van der Waals surface area contributed by atoms with E-state index >= 15 is 0 Å². The summed E-state index contributed by atoms with van der Waals surface area (Å²) in [6, 6.07) is 4.14. The van der Waals surface area contributed by atoms with E-state index in [9.17, 15) is 0 Å². The molecular formula is C14H24N2O. The highest BCUT2D eigenvalue weighted by Crippen LogP contribution is 2.15. The fourth-order valence-corrected chi connectivity index (χ4v) is 1.29. The predicted molar refractivity (Wildman–Crippen MR) is 70.8 cm³/mol. The first-order valence-electron chi connectivity index (χ1n) is 6.36. The Kier molecular flexibility index (Phi) is 5.59. The van der Waals surface area contributed by atoms with Crippen molar-refractivity contribution in [3.05, 3.63) is 29.6 Å². The van der Waals surface area contributed by atoms with E-state index in [4.69, 9.17) is 4.74 Å². The molecule has 0 aliphatic heterocycles. The Morgan fingerprint density at radius 1 is 1.29 bits per heavy atom. The lowest BCUT2D eigenvalue weighted by molar-refractivity contribution is -0.0330. The third-order valence-electron chi connectivity index (χ3n) is 2.93. The SMILES string of the molecule is CCNCc1ccc(COC(C)(C)CC)nc1. The van der Waals surface area contributed by atoms with E-state index in [1.54, 1.807) is 0 Å². The van der Waals surface area contributed by atoms with Crippen LogP contribution >= 0.6 is 0 Å². The van der Waals surface area contributed by atoms with Crippen LogP contribution in [-0.4, -0.2) is 17.1 Å². The molecule has 0 saturated carbocycles. The van der Waals surface area contributed by atoms with Crippen molar-refractivity contribution in [2.45, 2.75) is 52.9 Å². The van der Waals surface area contributed by atoms with Crippen molar-refractivity contribution >= 4 is 0 Å². The van der Waals surface area contributed by atoms with Crippen LogP contribution in [0.2, 0.25) is 0 Å². The summed E-state index contributed by atoms with van der Waals surface area (Å²) in [6.07, 6.45) is 2.92. The van der Waals surface area contributed by atoms with Gasteiger partial charge in [-0.2, -0.15) is 0 Å². The number of rotatable bonds is 7. The molecule has 0 saturated heterocycles. The van der Waals surface area contributed by atoms with Gasteiger partial charge in [0.25, 0.3) is 0 Å². The van der Waals surface area contributed by atoms with Crippen LogP contribution < -0.4 is 5.32 Å². The second-order valence-electron chi connectivity index (χ2n) is 4.84. The minimum absolute atomic E-state index is 0.0654. The van der Waals surface area contributed by atoms with Crippen LogP contribution in [0.15, 0.2) is 18.3 Å². The van der Waals surface area contributed by atoms with Gasteiger partial charge in [0.15, 0.2) is 0 Å². The number of nitrogens with zero attached hydrogens (tertiary/aromatic N) is 1. The molecule has 0 spiro atoms. The summed E-state index contributed by atoms with van der Waals surface area (Å²) in [5.74, 6) is 0. The lowest BCUT2D eigenvalue weighted by Crippen LogP contribution is -2.23. The fraction of sp³-hybridized carbons (Fsp3) is 0.643. The highest BCUT2D eigenvalue weighted by atomic mass is 16.5. The van der Waals surface area contributed by atoms with Crippen LogP contribution in [0.1, 0.15) is 45.4 Å². The number of hydrogen-bond acceptors (Lipinski definition) is 3. The summed E-state index contributed by atoms with van der Waals surface area (Å²) >= 11 is 0. The quantitative estimate of drug-likeness (QED) is 0.790. The Balaban J connectivity index is 2.45. The zero-order valence-electron chi connectivity index (χ0n) is 11.4. The van der Waals surface area contributed by atoms with Crippen molar-refractivity contribution in [2.75, 3.05) is 6.54 Å². The van der Waals surface area contributed by atoms with Crippen LogP contribution in [-0.2, 0) is 17.9 Å². The third kappa shape index (κ3) is 5.29. The molecule has 0 aromatic carbocycles. The Bertz CT molecular complexity index is 319. The van der Waals surface area contributed by atoms with Gasteiger partial charge in [-0.15, -0.1) is 0 Å². The number of pyridine rings is 1. The average Bonchev–Trinajstić information content (AvgIpc) is 2.35. The molecule has 96 valence electrons. The van der Waals surface area contributed by atoms with E-state index in [-0.39, 0.29) is 5.60 Å². The van der Waals surface area contributed by atoms with Gasteiger partial charge in [0, 0.05) is 12.7 Å². The maximum atomic E-state index is 5.81. The first-order chi connectivity index (χ1) is 8.07. The summed E-state index contributed by atoms with van der Waals surface area (Å²) in [7, 11) is 0. The monoisotopic (exact) mass is 236 g/mol. The van der Waals surface area contributed by atoms with Crippen LogP contribution in [0.3, 0.4) is 0 Å². The van der Waals surface area contributed by atoms with Crippen LogP contribution in [0.25, 0.3) is 0 Å². The summed E-state index contributed by atoms with van der Waals surface area (Å²) in [6.45, 7) is 10.9. The van der Waals surface area contributed by atoms with Gasteiger partial charge in [0.2, 0.25) is 0 Å². The smallest absolute Gasteiger partial charge is 0.0895 e. The Morgan fingerprint density at radius 3 is 2.59 bits per heavy atom. The number of aromatic nitrogens is 1. The number of ether oxygens (including phenoxy) is 1. The maximum Gasteiger partial charge on any atom is 0.0895 e. The largest absolute Gasteiger partial charge is 0.369 e. The lowest BCUT2D eigenvalue weighted by Gasteiger charge is -2.23. The van der Waals surface area contributed by atoms with Crippen molar-refractivity contribution in [3.8, 4) is 0 Å². The van der Waals surface area contributed by atoms with E-state index in [0.29, 0.717) is 6.61 Å². The molecule has 0 fully saturated rings. The molecule has 1 aromatic rings. The summed E-state index contributed by atoms with van der Waals surface area (Å²) in [5.41, 5.74) is 2.14. The van der Waals surface area contributed by atoms with Crippen molar-refractivity contribution in [2.24, 2.45) is 0 Å². The van der Waals surface area contributed by atoms with E-state index in [2.05, 4.69) is 44.1 Å². The Labute approximate surface area is 105 Å². The van der Waals surface area contributed by atoms with Crippen LogP contribution in [0.4, 0.5) is 0 Å². The van der Waals surface area contributed by atoms with Crippen molar-refractivity contribution in [3.63, 3.8) is 0 Å². The van der Waals surface area contributed by atoms with Gasteiger partial charge in [-0.3, -0.25) is 4.98 Å². The molecule has 0 amide bonds. The summed E-state index contributed by atoms with van der Waals surface area (Å²) in [5, 5.41) is 3.28. The molecule has 0 aliphatic rings. The van der Waals surface area contributed by atoms with Crippen molar-refractivity contribution in [1.82, 2.24) is 10.3 Å². The average molecular weight is 236 g/mol. The van der Waals surface area contributed by atoms with Gasteiger partial charge in [-0.25, -0.2) is 0 Å². The van der Waals surface area contributed by atoms with Gasteiger partial charge in [-0.1, -0.05) is 19.9 Å². The van der Waals surface area contributed by atoms with Gasteiger partial charge in [-0.05, 0) is 38.4 Å². The van der Waals surface area contributed by atoms with Crippen molar-refractivity contribution in [1.29, 1.82) is 0 Å². The standard InChI is InChI=1S/C14H24N2O/c1-5-14(3,4)17-11-13-8-7-12(10-16-13)9-15-6-2/h7-8,10,15H,5-6,9,11H2,1-4H3. The lowest BCUT2D eigenvalue weighted by atomic mass is 10.1. The molecule has 0 aliphatic carbocycles. The second-order valence-corrected chi connectivity index (χ2v) is 4.84. The molecule has 0 atom stereocenters. The Morgan fingerprint density at radius 2 is 2.06 bits per heavy atom. The normalized spacial score (nSPS) is 11.8. The van der Waals surface area contributed by atoms with E-state index in [1.807, 2.05) is 12.3 Å². The molecule has 0 bridgehead atoms. The fourth-order valence-electron chi connectivity index (χ4n) is 1.29. The molecule has 0 unspecified atom stereocenters. The molecule has 3 nitrogen and oxygen atoms in total. The minimum Gasteiger partial charge on any atom is -0.369 e. The molecule has 1 heterocycles. The van der Waals surface area contributed by atoms with Gasteiger partial charge < -0.3 is 10.1 Å². The summed E-state index contributed by atoms with van der Waals surface area (Å²) < 4.78 is 5.81. The molecule has 17 heavy (non-hydrogen) atoms. The third-order valence-corrected chi connectivity index (χ3v) is 2.93. The number of hydrogen-bond donors (Lipinski definition) is 1. The van der Waals surface area contributed by atoms with E-state index < -0.39 is 0 Å². The zero-order chi connectivity index (χ0) is 12.7. The highest BCUT2D eigenvalue weighted by molar-refractivity contribution is 5.13. The van der Waals surface area contributed by atoms with Gasteiger partial charge in [0.05, 0.1) is 17.9 Å². The van der Waals surface area contributed by atoms with Crippen LogP contribution in [0.5, 0.6) is 0 Å². The van der Waals surface area contributed by atoms with Crippen molar-refractivity contribution < 1.29 is 4.74 Å². The summed E-state index contributed by atoms with van der Waals surface area (Å²) in [4.78, 5) is 4.40. The van der Waals surface area contributed by atoms with Crippen LogP contribution in [0, 0.1) is 0 Å².